The van der Waals surface area contributed by atoms with Gasteiger partial charge in [0.1, 0.15) is 0 Å². The van der Waals surface area contributed by atoms with Gasteiger partial charge in [-0.1, -0.05) is 25.7 Å². The standard InChI is InChI=1S/C7H11NO3S/c9-4-11-6(7(10)8-12)3-5-1-2-5/h4-6,12H,1-3H2,(H,8,10). The first-order valence-corrected chi connectivity index (χ1v) is 4.25. The van der Waals surface area contributed by atoms with Crippen molar-refractivity contribution < 1.29 is 14.3 Å². The average molecular weight is 189 g/mol. The predicted octanol–water partition coefficient (Wildman–Crippen LogP) is 0.289. The van der Waals surface area contributed by atoms with Gasteiger partial charge in [-0.25, -0.2) is 0 Å². The lowest BCUT2D eigenvalue weighted by Gasteiger charge is -2.11. The number of carbonyl (C=O) groups excluding carboxylic acids is 2. The van der Waals surface area contributed by atoms with E-state index >= 15 is 0 Å². The third-order valence-corrected chi connectivity index (χ3v) is 2.09. The van der Waals surface area contributed by atoms with Crippen molar-refractivity contribution in [2.24, 2.45) is 5.92 Å². The van der Waals surface area contributed by atoms with E-state index < -0.39 is 6.10 Å². The molecule has 68 valence electrons. The van der Waals surface area contributed by atoms with Crippen molar-refractivity contribution in [3.05, 3.63) is 0 Å². The van der Waals surface area contributed by atoms with Crippen LogP contribution in [0.5, 0.6) is 0 Å². The zero-order chi connectivity index (χ0) is 8.97. The van der Waals surface area contributed by atoms with Gasteiger partial charge in [0.2, 0.25) is 0 Å². The minimum atomic E-state index is -0.660. The summed E-state index contributed by atoms with van der Waals surface area (Å²) in [7, 11) is 0. The van der Waals surface area contributed by atoms with Gasteiger partial charge in [-0.2, -0.15) is 0 Å². The molecule has 0 radical (unpaired) electrons. The highest BCUT2D eigenvalue weighted by atomic mass is 32.1. The normalized spacial score (nSPS) is 18.1. The Morgan fingerprint density at radius 3 is 2.83 bits per heavy atom. The molecule has 1 N–H and O–H groups in total. The number of thiol groups is 1. The van der Waals surface area contributed by atoms with Gasteiger partial charge in [0.25, 0.3) is 12.4 Å². The minimum absolute atomic E-state index is 0.302. The van der Waals surface area contributed by atoms with E-state index in [9.17, 15) is 9.59 Å². The molecule has 1 unspecified atom stereocenters. The summed E-state index contributed by atoms with van der Waals surface area (Å²) in [5, 5.41) is 0. The summed E-state index contributed by atoms with van der Waals surface area (Å²) in [6.45, 7) is 0.302. The second-order valence-electron chi connectivity index (χ2n) is 2.88. The third kappa shape index (κ3) is 2.73. The van der Waals surface area contributed by atoms with Crippen molar-refractivity contribution in [2.75, 3.05) is 0 Å². The lowest BCUT2D eigenvalue weighted by Crippen LogP contribution is -2.31. The molecule has 0 saturated heterocycles. The van der Waals surface area contributed by atoms with Crippen LogP contribution < -0.4 is 4.72 Å². The molecule has 12 heavy (non-hydrogen) atoms. The molecule has 5 heteroatoms. The Morgan fingerprint density at radius 2 is 2.42 bits per heavy atom. The van der Waals surface area contributed by atoms with E-state index in [2.05, 4.69) is 22.3 Å². The smallest absolute Gasteiger partial charge is 0.293 e. The molecule has 0 heterocycles. The lowest BCUT2D eigenvalue weighted by atomic mass is 10.2. The first-order valence-electron chi connectivity index (χ1n) is 3.81. The van der Waals surface area contributed by atoms with Crippen LogP contribution in [0.2, 0.25) is 0 Å². The molecule has 1 atom stereocenters. The van der Waals surface area contributed by atoms with Gasteiger partial charge in [-0.05, 0) is 12.3 Å². The van der Waals surface area contributed by atoms with E-state index in [0.29, 0.717) is 18.8 Å². The van der Waals surface area contributed by atoms with Crippen LogP contribution in [0.4, 0.5) is 0 Å². The Labute approximate surface area is 76.2 Å². The summed E-state index contributed by atoms with van der Waals surface area (Å²) >= 11 is 3.59. The number of nitrogens with one attached hydrogen (secondary N) is 1. The fraction of sp³-hybridized carbons (Fsp3) is 0.714. The summed E-state index contributed by atoms with van der Waals surface area (Å²) in [4.78, 5) is 21.0. The molecular weight excluding hydrogens is 178 g/mol. The van der Waals surface area contributed by atoms with E-state index in [1.807, 2.05) is 0 Å². The number of carbonyl (C=O) groups is 2. The number of hydrogen-bond acceptors (Lipinski definition) is 4. The fourth-order valence-corrected chi connectivity index (χ4v) is 1.16. The molecule has 0 bridgehead atoms. The quantitative estimate of drug-likeness (QED) is 0.483. The predicted molar refractivity (Wildman–Crippen MR) is 45.4 cm³/mol. The molecule has 0 spiro atoms. The monoisotopic (exact) mass is 189 g/mol. The highest BCUT2D eigenvalue weighted by Gasteiger charge is 2.29. The average Bonchev–Trinajstić information content (AvgIpc) is 2.86. The number of amides is 1. The summed E-state index contributed by atoms with van der Waals surface area (Å²) < 4.78 is 6.76. The first-order chi connectivity index (χ1) is 5.77. The van der Waals surface area contributed by atoms with E-state index in [0.717, 1.165) is 12.8 Å². The van der Waals surface area contributed by atoms with Crippen molar-refractivity contribution in [3.8, 4) is 0 Å². The zero-order valence-electron chi connectivity index (χ0n) is 6.53. The zero-order valence-corrected chi connectivity index (χ0v) is 7.42. The van der Waals surface area contributed by atoms with Gasteiger partial charge in [-0.15, -0.1) is 0 Å². The lowest BCUT2D eigenvalue weighted by molar-refractivity contribution is -0.144. The van der Waals surface area contributed by atoms with Crippen molar-refractivity contribution in [3.63, 3.8) is 0 Å². The van der Waals surface area contributed by atoms with Gasteiger partial charge in [0.15, 0.2) is 6.10 Å². The Morgan fingerprint density at radius 1 is 1.75 bits per heavy atom. The van der Waals surface area contributed by atoms with Gasteiger partial charge in [-0.3, -0.25) is 14.3 Å². The van der Waals surface area contributed by atoms with E-state index in [4.69, 9.17) is 0 Å². The van der Waals surface area contributed by atoms with Crippen LogP contribution in [0.3, 0.4) is 0 Å². The van der Waals surface area contributed by atoms with Crippen molar-refractivity contribution in [1.82, 2.24) is 4.72 Å². The molecule has 1 fully saturated rings. The van der Waals surface area contributed by atoms with E-state index in [1.54, 1.807) is 0 Å². The summed E-state index contributed by atoms with van der Waals surface area (Å²) in [5.74, 6) is 0.193. The van der Waals surface area contributed by atoms with Gasteiger partial charge < -0.3 is 4.74 Å². The van der Waals surface area contributed by atoms with Gasteiger partial charge in [0, 0.05) is 0 Å². The topological polar surface area (TPSA) is 55.4 Å². The fourth-order valence-electron chi connectivity index (χ4n) is 1.02. The van der Waals surface area contributed by atoms with Crippen LogP contribution in [0.1, 0.15) is 19.3 Å². The molecule has 4 nitrogen and oxygen atoms in total. The maximum atomic E-state index is 11.0. The van der Waals surface area contributed by atoms with Crippen molar-refractivity contribution >= 4 is 25.2 Å². The highest BCUT2D eigenvalue weighted by molar-refractivity contribution is 7.78. The molecule has 1 amide bonds. The maximum Gasteiger partial charge on any atom is 0.293 e. The van der Waals surface area contributed by atoms with Crippen LogP contribution >= 0.6 is 12.8 Å². The van der Waals surface area contributed by atoms with Crippen LogP contribution in [0.15, 0.2) is 0 Å². The largest absolute Gasteiger partial charge is 0.454 e. The molecule has 1 rings (SSSR count). The molecule has 0 aromatic rings. The van der Waals surface area contributed by atoms with Gasteiger partial charge in [0.05, 0.1) is 0 Å². The number of rotatable bonds is 5. The van der Waals surface area contributed by atoms with Crippen molar-refractivity contribution in [2.45, 2.75) is 25.4 Å². The van der Waals surface area contributed by atoms with Gasteiger partial charge >= 0.3 is 0 Å². The van der Waals surface area contributed by atoms with Crippen molar-refractivity contribution in [1.29, 1.82) is 0 Å². The molecule has 1 aliphatic carbocycles. The second-order valence-corrected chi connectivity index (χ2v) is 3.10. The van der Waals surface area contributed by atoms with E-state index in [1.165, 1.54) is 0 Å². The number of hydrogen-bond donors (Lipinski definition) is 2. The Kier molecular flexibility index (Phi) is 3.40. The maximum absolute atomic E-state index is 11.0. The summed E-state index contributed by atoms with van der Waals surface area (Å²) in [6.07, 6.45) is 2.20. The molecule has 0 aromatic carbocycles. The second kappa shape index (κ2) is 4.35. The Balaban J connectivity index is 2.34. The Hall–Kier alpha value is -0.710. The number of ether oxygens (including phenoxy) is 1. The SMILES string of the molecule is O=COC(CC1CC1)C(=O)NS. The first kappa shape index (κ1) is 9.38. The molecule has 1 saturated carbocycles. The molecule has 1 aliphatic rings. The molecule has 0 aliphatic heterocycles. The third-order valence-electron chi connectivity index (χ3n) is 1.87. The Bertz CT molecular complexity index is 181. The molecular formula is C7H11NO3S. The van der Waals surface area contributed by atoms with E-state index in [-0.39, 0.29) is 5.91 Å². The van der Waals surface area contributed by atoms with Crippen LogP contribution in [-0.2, 0) is 14.3 Å². The minimum Gasteiger partial charge on any atom is -0.454 e. The van der Waals surface area contributed by atoms with Crippen LogP contribution in [-0.4, -0.2) is 18.5 Å². The molecule has 0 aromatic heterocycles. The summed E-state index contributed by atoms with van der Waals surface area (Å²) in [6, 6.07) is 0. The summed E-state index contributed by atoms with van der Waals surface area (Å²) in [5.41, 5.74) is 0. The van der Waals surface area contributed by atoms with Crippen LogP contribution in [0, 0.1) is 5.92 Å². The highest BCUT2D eigenvalue weighted by Crippen LogP contribution is 2.34. The van der Waals surface area contributed by atoms with Crippen LogP contribution in [0.25, 0.3) is 0 Å².